The Morgan fingerprint density at radius 3 is 2.00 bits per heavy atom. The summed E-state index contributed by atoms with van der Waals surface area (Å²) in [6.45, 7) is 0. The van der Waals surface area contributed by atoms with Crippen LogP contribution < -0.4 is 21.3 Å². The maximum atomic E-state index is 12.3. The van der Waals surface area contributed by atoms with Gasteiger partial charge in [-0.05, 0) is 36.4 Å². The first kappa shape index (κ1) is 21.2. The predicted octanol–water partition coefficient (Wildman–Crippen LogP) is 3.70. The summed E-state index contributed by atoms with van der Waals surface area (Å²) in [7, 11) is 0. The number of hydrogen-bond acceptors (Lipinski definition) is 9. The molecule has 11 heteroatoms. The maximum Gasteiger partial charge on any atom is 0.356 e. The van der Waals surface area contributed by atoms with Crippen LogP contribution in [-0.4, -0.2) is 25.8 Å². The molecule has 0 aliphatic carbocycles. The molecule has 0 radical (unpaired) electrons. The van der Waals surface area contributed by atoms with E-state index in [1.165, 1.54) is 12.3 Å². The topological polar surface area (TPSA) is 138 Å². The average Bonchev–Trinajstić information content (AvgIpc) is 2.87. The van der Waals surface area contributed by atoms with Crippen LogP contribution >= 0.6 is 0 Å². The van der Waals surface area contributed by atoms with Gasteiger partial charge in [-0.3, -0.25) is 41.2 Å². The van der Waals surface area contributed by atoms with Gasteiger partial charge in [0.15, 0.2) is 0 Å². The average molecular weight is 442 g/mol. The molecule has 0 aliphatic rings. The van der Waals surface area contributed by atoms with Crippen molar-refractivity contribution in [2.45, 2.75) is 0 Å². The van der Waals surface area contributed by atoms with Crippen molar-refractivity contribution in [1.29, 1.82) is 0 Å². The number of hydrogen-bond donors (Lipinski definition) is 3. The van der Waals surface area contributed by atoms with E-state index in [1.54, 1.807) is 17.1 Å². The lowest BCUT2D eigenvalue weighted by Gasteiger charge is -2.26. The SMILES string of the molecule is O=C(NNc1ncnc(NN(c2ccccc2)c2ccccc2)c1[N+](=O)[O-])c1ccccn1. The van der Waals surface area contributed by atoms with Gasteiger partial charge in [0.1, 0.15) is 12.0 Å². The highest BCUT2D eigenvalue weighted by atomic mass is 16.6. The molecule has 0 unspecified atom stereocenters. The Kier molecular flexibility index (Phi) is 6.31. The predicted molar refractivity (Wildman–Crippen MR) is 123 cm³/mol. The zero-order chi connectivity index (χ0) is 23.0. The molecule has 0 saturated heterocycles. The Balaban J connectivity index is 1.64. The molecule has 4 rings (SSSR count). The van der Waals surface area contributed by atoms with Crippen LogP contribution in [-0.2, 0) is 0 Å². The molecule has 0 fully saturated rings. The Morgan fingerprint density at radius 1 is 0.818 bits per heavy atom. The molecule has 2 heterocycles. The number of benzene rings is 2. The number of aromatic nitrogens is 3. The van der Waals surface area contributed by atoms with E-state index in [-0.39, 0.29) is 17.3 Å². The van der Waals surface area contributed by atoms with Crippen LogP contribution in [0.4, 0.5) is 28.7 Å². The molecule has 0 spiro atoms. The van der Waals surface area contributed by atoms with Crippen molar-refractivity contribution < 1.29 is 9.72 Å². The van der Waals surface area contributed by atoms with E-state index in [2.05, 4.69) is 31.2 Å². The minimum Gasteiger partial charge on any atom is -0.276 e. The summed E-state index contributed by atoms with van der Waals surface area (Å²) < 4.78 is 0. The molecule has 11 nitrogen and oxygen atoms in total. The van der Waals surface area contributed by atoms with Crippen LogP contribution in [0, 0.1) is 10.1 Å². The summed E-state index contributed by atoms with van der Waals surface area (Å²) >= 11 is 0. The summed E-state index contributed by atoms with van der Waals surface area (Å²) in [6.07, 6.45) is 2.62. The molecule has 0 atom stereocenters. The molecule has 0 aliphatic heterocycles. The van der Waals surface area contributed by atoms with Crippen LogP contribution in [0.2, 0.25) is 0 Å². The standard InChI is InChI=1S/C22H18N8O3/c31-22(18-13-7-8-14-23-18)27-26-20-19(30(32)33)21(25-15-24-20)28-29(16-9-3-1-4-10-16)17-11-5-2-6-12-17/h1-15H,(H,27,31)(H2,24,25,26,28). The highest BCUT2D eigenvalue weighted by Gasteiger charge is 2.25. The molecular formula is C22H18N8O3. The third-order valence-electron chi connectivity index (χ3n) is 4.44. The quantitative estimate of drug-likeness (QED) is 0.275. The van der Waals surface area contributed by atoms with Crippen molar-refractivity contribution in [3.8, 4) is 0 Å². The molecule has 0 saturated carbocycles. The zero-order valence-electron chi connectivity index (χ0n) is 17.1. The second-order valence-electron chi connectivity index (χ2n) is 6.59. The molecule has 33 heavy (non-hydrogen) atoms. The Bertz CT molecular complexity index is 1200. The van der Waals surface area contributed by atoms with Crippen molar-refractivity contribution in [2.24, 2.45) is 0 Å². The summed E-state index contributed by atoms with van der Waals surface area (Å²) in [4.78, 5) is 35.5. The smallest absolute Gasteiger partial charge is 0.276 e. The molecule has 3 N–H and O–H groups in total. The lowest BCUT2D eigenvalue weighted by molar-refractivity contribution is -0.383. The number of pyridine rings is 1. The van der Waals surface area contributed by atoms with Crippen molar-refractivity contribution in [2.75, 3.05) is 15.9 Å². The van der Waals surface area contributed by atoms with Gasteiger partial charge in [0, 0.05) is 6.20 Å². The van der Waals surface area contributed by atoms with Gasteiger partial charge in [0.05, 0.1) is 16.3 Å². The van der Waals surface area contributed by atoms with Crippen molar-refractivity contribution in [3.05, 3.63) is 107 Å². The highest BCUT2D eigenvalue weighted by molar-refractivity contribution is 5.93. The van der Waals surface area contributed by atoms with Crippen molar-refractivity contribution >= 4 is 34.6 Å². The van der Waals surface area contributed by atoms with Gasteiger partial charge < -0.3 is 0 Å². The Labute approximate surface area is 188 Å². The van der Waals surface area contributed by atoms with Crippen LogP contribution in [0.3, 0.4) is 0 Å². The normalized spacial score (nSPS) is 10.2. The van der Waals surface area contributed by atoms with E-state index in [1.807, 2.05) is 60.7 Å². The number of nitrogens with one attached hydrogen (secondary N) is 3. The van der Waals surface area contributed by atoms with Gasteiger partial charge in [0.2, 0.25) is 11.6 Å². The van der Waals surface area contributed by atoms with Crippen molar-refractivity contribution in [1.82, 2.24) is 20.4 Å². The monoisotopic (exact) mass is 442 g/mol. The lowest BCUT2D eigenvalue weighted by Crippen LogP contribution is -2.31. The van der Waals surface area contributed by atoms with Gasteiger partial charge in [-0.15, -0.1) is 0 Å². The second kappa shape index (κ2) is 9.83. The molecule has 0 bridgehead atoms. The van der Waals surface area contributed by atoms with Gasteiger partial charge in [-0.25, -0.2) is 9.97 Å². The molecule has 1 amide bonds. The third kappa shape index (κ3) is 4.99. The van der Waals surface area contributed by atoms with Crippen LogP contribution in [0.25, 0.3) is 0 Å². The van der Waals surface area contributed by atoms with E-state index in [4.69, 9.17) is 0 Å². The van der Waals surface area contributed by atoms with E-state index in [0.717, 1.165) is 17.7 Å². The van der Waals surface area contributed by atoms with Crippen LogP contribution in [0.15, 0.2) is 91.4 Å². The minimum atomic E-state index is -0.633. The summed E-state index contributed by atoms with van der Waals surface area (Å²) in [6, 6.07) is 23.3. The minimum absolute atomic E-state index is 0.0720. The molecular weight excluding hydrogens is 424 g/mol. The van der Waals surface area contributed by atoms with E-state index in [9.17, 15) is 14.9 Å². The van der Waals surface area contributed by atoms with Crippen LogP contribution in [0.1, 0.15) is 10.5 Å². The fourth-order valence-electron chi connectivity index (χ4n) is 2.94. The number of nitrogens with zero attached hydrogens (tertiary/aromatic N) is 5. The number of rotatable bonds is 8. The van der Waals surface area contributed by atoms with Gasteiger partial charge in [-0.2, -0.15) is 0 Å². The van der Waals surface area contributed by atoms with E-state index < -0.39 is 16.5 Å². The first-order chi connectivity index (χ1) is 16.1. The summed E-state index contributed by atoms with van der Waals surface area (Å²) in [5, 5.41) is 13.6. The van der Waals surface area contributed by atoms with Gasteiger partial charge >= 0.3 is 5.69 Å². The number of para-hydroxylation sites is 2. The first-order valence-electron chi connectivity index (χ1n) is 9.77. The Morgan fingerprint density at radius 2 is 1.42 bits per heavy atom. The molecule has 4 aromatic rings. The first-order valence-corrected chi connectivity index (χ1v) is 9.77. The number of hydrazine groups is 2. The Hall–Kier alpha value is -5.06. The number of amides is 1. The third-order valence-corrected chi connectivity index (χ3v) is 4.44. The lowest BCUT2D eigenvalue weighted by atomic mass is 10.2. The molecule has 2 aromatic carbocycles. The van der Waals surface area contributed by atoms with E-state index >= 15 is 0 Å². The van der Waals surface area contributed by atoms with Crippen LogP contribution in [0.5, 0.6) is 0 Å². The fourth-order valence-corrected chi connectivity index (χ4v) is 2.94. The highest BCUT2D eigenvalue weighted by Crippen LogP contribution is 2.32. The number of carbonyl (C=O) groups is 1. The van der Waals surface area contributed by atoms with Gasteiger partial charge in [0.25, 0.3) is 5.91 Å². The number of anilines is 4. The largest absolute Gasteiger partial charge is 0.356 e. The fraction of sp³-hybridized carbons (Fsp3) is 0. The van der Waals surface area contributed by atoms with E-state index in [0.29, 0.717) is 0 Å². The summed E-state index contributed by atoms with van der Waals surface area (Å²) in [5.74, 6) is -0.839. The molecule has 164 valence electrons. The second-order valence-corrected chi connectivity index (χ2v) is 6.59. The van der Waals surface area contributed by atoms with Gasteiger partial charge in [-0.1, -0.05) is 42.5 Å². The zero-order valence-corrected chi connectivity index (χ0v) is 17.1. The van der Waals surface area contributed by atoms with Crippen molar-refractivity contribution in [3.63, 3.8) is 0 Å². The summed E-state index contributed by atoms with van der Waals surface area (Å²) in [5.41, 5.74) is 9.01. The molecule has 2 aromatic heterocycles. The maximum absolute atomic E-state index is 12.3. The number of nitro groups is 1. The number of carbonyl (C=O) groups excluding carboxylic acids is 1.